The third-order valence-electron chi connectivity index (χ3n) is 14.6. The first-order valence-electron chi connectivity index (χ1n) is 24.9. The van der Waals surface area contributed by atoms with E-state index < -0.39 is 88.3 Å². The molecule has 8 atom stereocenters. The first-order chi connectivity index (χ1) is 35.1. The van der Waals surface area contributed by atoms with Gasteiger partial charge in [0.05, 0.1) is 50.2 Å². The van der Waals surface area contributed by atoms with Crippen molar-refractivity contribution in [2.75, 3.05) is 58.3 Å². The number of esters is 1. The molecule has 7 aliphatic rings. The number of benzene rings is 1. The summed E-state index contributed by atoms with van der Waals surface area (Å²) in [6, 6.07) is 3.55. The van der Waals surface area contributed by atoms with Crippen LogP contribution in [0.2, 0.25) is 5.02 Å². The van der Waals surface area contributed by atoms with Gasteiger partial charge in [-0.1, -0.05) is 35.4 Å². The molecule has 1 aromatic carbocycles. The van der Waals surface area contributed by atoms with Crippen molar-refractivity contribution in [3.63, 3.8) is 0 Å². The summed E-state index contributed by atoms with van der Waals surface area (Å²) >= 11 is 8.11. The van der Waals surface area contributed by atoms with E-state index in [1.54, 1.807) is 45.2 Å². The van der Waals surface area contributed by atoms with Crippen LogP contribution >= 0.6 is 23.4 Å². The van der Waals surface area contributed by atoms with Crippen LogP contribution in [-0.4, -0.2) is 163 Å². The van der Waals surface area contributed by atoms with E-state index >= 15 is 0 Å². The van der Waals surface area contributed by atoms with Gasteiger partial charge in [0.15, 0.2) is 11.8 Å². The minimum atomic E-state index is -1.89. The molecule has 0 aromatic heterocycles. The quantitative estimate of drug-likeness (QED) is 0.131. The zero-order valence-corrected chi connectivity index (χ0v) is 44.4. The van der Waals surface area contributed by atoms with E-state index in [9.17, 15) is 43.5 Å². The van der Waals surface area contributed by atoms with Gasteiger partial charge in [0.1, 0.15) is 40.3 Å². The highest BCUT2D eigenvalue weighted by Gasteiger charge is 2.63. The number of amides is 6. The van der Waals surface area contributed by atoms with Crippen molar-refractivity contribution in [1.29, 1.82) is 0 Å². The minimum absolute atomic E-state index is 0.00477. The Bertz CT molecular complexity index is 2390. The lowest BCUT2D eigenvalue weighted by molar-refractivity contribution is -0.328. The van der Waals surface area contributed by atoms with Crippen LogP contribution < -0.4 is 15.0 Å². The standard InChI is InChI=1S/C51H67ClN4O17S/c1-29-9-8-10-37(67-7)51(65)26-39(71-48(64)53-51)50(4)28-49(3,73-50)38(25-42(59)54(5)34-22-32(21-29)23-35(66-6)44(34)52)70-46(62)30(2)69-18-17-68-19-20-74-36-24-43(60)55(45(36)61)27-31-11-13-33(14-12-31)47(63)72-56-40(57)15-16-41(56)58/h8-10,22-23,30-31,33,36-39,65H,11-21,24-28H2,1-7H3,(H,53,64)/b10-8+,29-9+/t30-,31?,33?,36?,37+,38-,39?,49+,50-,51-/m0/s1. The van der Waals surface area contributed by atoms with Gasteiger partial charge in [0.2, 0.25) is 17.7 Å². The fourth-order valence-corrected chi connectivity index (χ4v) is 11.8. The largest absolute Gasteiger partial charge is 0.495 e. The number of hydrogen-bond donors (Lipinski definition) is 2. The number of fused-ring (bicyclic) bond motifs is 6. The monoisotopic (exact) mass is 1070 g/mol. The summed E-state index contributed by atoms with van der Waals surface area (Å²) in [7, 11) is 4.45. The maximum absolute atomic E-state index is 14.3. The van der Waals surface area contributed by atoms with Crippen LogP contribution in [0.4, 0.5) is 10.5 Å². The number of nitrogens with zero attached hydrogens (tertiary/aromatic N) is 3. The van der Waals surface area contributed by atoms with Crippen LogP contribution in [0.3, 0.4) is 0 Å². The third-order valence-corrected chi connectivity index (χ3v) is 16.2. The van der Waals surface area contributed by atoms with Crippen molar-refractivity contribution < 1.29 is 81.5 Å². The number of nitrogens with one attached hydrogen (secondary N) is 1. The van der Waals surface area contributed by atoms with Gasteiger partial charge in [0.25, 0.3) is 11.8 Å². The summed E-state index contributed by atoms with van der Waals surface area (Å²) in [5, 5.41) is 14.5. The number of allylic oxidation sites excluding steroid dienone is 3. The molecule has 23 heteroatoms. The number of imide groups is 2. The number of halogens is 1. The number of likely N-dealkylation sites (tertiary alicyclic amines) is 1. The van der Waals surface area contributed by atoms with Crippen LogP contribution in [0.1, 0.15) is 97.5 Å². The van der Waals surface area contributed by atoms with Crippen molar-refractivity contribution >= 4 is 76.6 Å². The molecule has 1 aliphatic carbocycles. The smallest absolute Gasteiger partial charge is 0.409 e. The molecule has 5 fully saturated rings. The molecule has 6 bridgehead atoms. The Hall–Kier alpha value is -5.10. The number of carbonyl (C=O) groups excluding carboxylic acids is 8. The van der Waals surface area contributed by atoms with Crippen molar-refractivity contribution in [3.05, 3.63) is 46.5 Å². The maximum Gasteiger partial charge on any atom is 0.409 e. The summed E-state index contributed by atoms with van der Waals surface area (Å²) in [4.78, 5) is 111. The first-order valence-corrected chi connectivity index (χ1v) is 26.3. The Morgan fingerprint density at radius 3 is 2.34 bits per heavy atom. The lowest BCUT2D eigenvalue weighted by Gasteiger charge is -2.59. The lowest BCUT2D eigenvalue weighted by Crippen LogP contribution is -2.72. The van der Waals surface area contributed by atoms with Crippen molar-refractivity contribution in [2.45, 2.75) is 145 Å². The molecular formula is C51H67ClN4O17S. The highest BCUT2D eigenvalue weighted by molar-refractivity contribution is 8.00. The highest BCUT2D eigenvalue weighted by atomic mass is 35.5. The topological polar surface area (TPSA) is 252 Å². The number of aliphatic hydroxyl groups is 1. The van der Waals surface area contributed by atoms with Crippen LogP contribution in [0, 0.1) is 11.8 Å². The van der Waals surface area contributed by atoms with Gasteiger partial charge in [-0.25, -0.2) is 14.4 Å². The second-order valence-electron chi connectivity index (χ2n) is 20.2. The number of anilines is 1. The Labute approximate surface area is 439 Å². The normalized spacial score (nSPS) is 32.3. The Morgan fingerprint density at radius 1 is 0.959 bits per heavy atom. The molecule has 6 heterocycles. The summed E-state index contributed by atoms with van der Waals surface area (Å²) in [5.74, 6) is -3.19. The molecule has 4 saturated heterocycles. The van der Waals surface area contributed by atoms with Crippen LogP contribution in [0.25, 0.3) is 0 Å². The Morgan fingerprint density at radius 2 is 1.66 bits per heavy atom. The molecule has 2 unspecified atom stereocenters. The zero-order valence-electron chi connectivity index (χ0n) is 42.8. The van der Waals surface area contributed by atoms with Gasteiger partial charge in [-0.3, -0.25) is 34.2 Å². The van der Waals surface area contributed by atoms with Gasteiger partial charge in [-0.2, -0.15) is 0 Å². The molecule has 8 rings (SSSR count). The van der Waals surface area contributed by atoms with E-state index in [1.807, 2.05) is 13.0 Å². The Kier molecular flexibility index (Phi) is 18.2. The summed E-state index contributed by atoms with van der Waals surface area (Å²) in [6.45, 7) is 7.38. The molecule has 6 aliphatic heterocycles. The predicted octanol–water partition coefficient (Wildman–Crippen LogP) is 4.51. The van der Waals surface area contributed by atoms with Gasteiger partial charge in [-0.05, 0) is 83.4 Å². The summed E-state index contributed by atoms with van der Waals surface area (Å²) in [5.41, 5.74) is -2.32. The number of thioether (sulfide) groups is 1. The van der Waals surface area contributed by atoms with Gasteiger partial charge < -0.3 is 48.0 Å². The molecule has 0 radical (unpaired) electrons. The minimum Gasteiger partial charge on any atom is -0.495 e. The van der Waals surface area contributed by atoms with Gasteiger partial charge in [0, 0.05) is 58.6 Å². The van der Waals surface area contributed by atoms with Gasteiger partial charge >= 0.3 is 18.0 Å². The molecule has 0 spiro atoms. The molecular weight excluding hydrogens is 1010 g/mol. The number of carbonyl (C=O) groups is 8. The molecule has 1 saturated carbocycles. The zero-order chi connectivity index (χ0) is 53.7. The van der Waals surface area contributed by atoms with E-state index in [0.29, 0.717) is 54.4 Å². The van der Waals surface area contributed by atoms with Crippen LogP contribution in [-0.2, 0) is 73.2 Å². The lowest BCUT2D eigenvalue weighted by atomic mass is 9.72. The van der Waals surface area contributed by atoms with Crippen molar-refractivity contribution in [1.82, 2.24) is 15.3 Å². The number of methoxy groups -OCH3 is 2. The van der Waals surface area contributed by atoms with E-state index in [2.05, 4.69) is 5.32 Å². The van der Waals surface area contributed by atoms with E-state index in [1.165, 1.54) is 42.7 Å². The van der Waals surface area contributed by atoms with E-state index in [0.717, 1.165) is 11.1 Å². The Balaban J connectivity index is 0.910. The SMILES string of the molecule is COc1cc2cc(c1Cl)N(C)C(=O)C[C@H](OC(=O)[C@H](C)OCCOCCSC1CC(=O)N(CC3CCC(C(=O)ON4C(=O)CCC4=O)CC3)C1=O)[C@@]1(C)C[C@](C)(O1)C1C[C@@](O)(NC(=O)O1)[C@H](OC)/C=C/C=C(\C)C2. The molecule has 21 nitrogen and oxygen atoms in total. The number of hydroxylamine groups is 2. The van der Waals surface area contributed by atoms with Gasteiger partial charge in [-0.15, -0.1) is 16.8 Å². The fourth-order valence-electron chi connectivity index (χ4n) is 10.5. The number of alkyl carbamates (subject to hydrolysis) is 1. The van der Waals surface area contributed by atoms with Crippen molar-refractivity contribution in [3.8, 4) is 5.75 Å². The number of hydrogen-bond acceptors (Lipinski definition) is 18. The molecule has 2 N–H and O–H groups in total. The average Bonchev–Trinajstić information content (AvgIpc) is 3.80. The van der Waals surface area contributed by atoms with Crippen LogP contribution in [0.15, 0.2) is 35.9 Å². The second kappa shape index (κ2) is 23.8. The molecule has 1 aromatic rings. The third kappa shape index (κ3) is 12.9. The molecule has 6 amide bonds. The predicted molar refractivity (Wildman–Crippen MR) is 265 cm³/mol. The number of rotatable bonds is 16. The van der Waals surface area contributed by atoms with Crippen LogP contribution in [0.5, 0.6) is 5.75 Å². The average molecular weight is 1080 g/mol. The molecule has 74 heavy (non-hydrogen) atoms. The fraction of sp³-hybridized carbons (Fsp3) is 0.647. The summed E-state index contributed by atoms with van der Waals surface area (Å²) in [6.07, 6.45) is 2.29. The first kappa shape index (κ1) is 56.6. The van der Waals surface area contributed by atoms with E-state index in [-0.39, 0.29) is 87.6 Å². The van der Waals surface area contributed by atoms with E-state index in [4.69, 9.17) is 49.6 Å². The highest BCUT2D eigenvalue weighted by Crippen LogP contribution is 2.50. The number of ether oxygens (including phenoxy) is 7. The maximum atomic E-state index is 14.3. The molecule has 406 valence electrons. The second-order valence-corrected chi connectivity index (χ2v) is 21.9. The van der Waals surface area contributed by atoms with Crippen molar-refractivity contribution in [2.24, 2.45) is 11.8 Å². The summed E-state index contributed by atoms with van der Waals surface area (Å²) < 4.78 is 41.1.